The van der Waals surface area contributed by atoms with Crippen LogP contribution in [-0.4, -0.2) is 40.5 Å². The number of carboxylic acid groups (broad SMARTS) is 1. The van der Waals surface area contributed by atoms with Gasteiger partial charge in [-0.1, -0.05) is 6.07 Å². The van der Waals surface area contributed by atoms with E-state index in [-0.39, 0.29) is 24.4 Å². The Labute approximate surface area is 123 Å². The van der Waals surface area contributed by atoms with Gasteiger partial charge in [-0.15, -0.1) is 0 Å². The molecule has 1 aromatic carbocycles. The Hall–Kier alpha value is -1.95. The molecule has 0 aliphatic heterocycles. The first-order valence-electron chi connectivity index (χ1n) is 6.71. The molecule has 1 aromatic rings. The zero-order chi connectivity index (χ0) is 16.0. The smallest absolute Gasteiger partial charge is 0.317 e. The summed E-state index contributed by atoms with van der Waals surface area (Å²) in [5, 5.41) is 11.5. The third kappa shape index (κ3) is 6.35. The summed E-state index contributed by atoms with van der Waals surface area (Å²) in [5.74, 6) is -1.63. The van der Waals surface area contributed by atoms with Crippen LogP contribution in [0.4, 0.5) is 10.1 Å². The Morgan fingerprint density at radius 1 is 1.33 bits per heavy atom. The van der Waals surface area contributed by atoms with Crippen LogP contribution in [-0.2, 0) is 9.59 Å². The number of carboxylic acids is 1. The minimum absolute atomic E-state index is 0.128. The predicted octanol–water partition coefficient (Wildman–Crippen LogP) is 2.34. The van der Waals surface area contributed by atoms with Crippen molar-refractivity contribution in [3.63, 3.8) is 0 Å². The van der Waals surface area contributed by atoms with Gasteiger partial charge < -0.3 is 10.4 Å². The number of amides is 1. The van der Waals surface area contributed by atoms with Crippen molar-refractivity contribution in [2.24, 2.45) is 0 Å². The van der Waals surface area contributed by atoms with Gasteiger partial charge in [-0.05, 0) is 39.0 Å². The van der Waals surface area contributed by atoms with Crippen molar-refractivity contribution in [1.29, 1.82) is 0 Å². The van der Waals surface area contributed by atoms with Gasteiger partial charge in [-0.25, -0.2) is 4.39 Å². The monoisotopic (exact) mass is 296 g/mol. The largest absolute Gasteiger partial charge is 0.480 e. The number of rotatable bonds is 6. The van der Waals surface area contributed by atoms with Gasteiger partial charge in [0.05, 0.1) is 6.54 Å². The third-order valence-electron chi connectivity index (χ3n) is 2.99. The van der Waals surface area contributed by atoms with Crippen molar-refractivity contribution in [3.05, 3.63) is 30.1 Å². The molecular formula is C15H21FN2O3. The molecule has 116 valence electrons. The summed E-state index contributed by atoms with van der Waals surface area (Å²) in [7, 11) is 0. The maximum Gasteiger partial charge on any atom is 0.317 e. The van der Waals surface area contributed by atoms with Crippen LogP contribution in [0.3, 0.4) is 0 Å². The lowest BCUT2D eigenvalue weighted by Crippen LogP contribution is -2.45. The molecule has 0 aromatic heterocycles. The van der Waals surface area contributed by atoms with E-state index in [1.54, 1.807) is 11.0 Å². The van der Waals surface area contributed by atoms with E-state index in [2.05, 4.69) is 5.32 Å². The molecular weight excluding hydrogens is 275 g/mol. The molecule has 0 radical (unpaired) electrons. The lowest BCUT2D eigenvalue weighted by atomic mass is 10.1. The molecule has 1 amide bonds. The molecule has 0 fully saturated rings. The molecule has 5 nitrogen and oxygen atoms in total. The average Bonchev–Trinajstić information content (AvgIpc) is 2.32. The number of hydrogen-bond donors (Lipinski definition) is 2. The molecule has 0 atom stereocenters. The number of benzene rings is 1. The Bertz CT molecular complexity index is 512. The van der Waals surface area contributed by atoms with E-state index >= 15 is 0 Å². The topological polar surface area (TPSA) is 69.6 Å². The maximum atomic E-state index is 13.0. The summed E-state index contributed by atoms with van der Waals surface area (Å²) in [4.78, 5) is 24.4. The minimum Gasteiger partial charge on any atom is -0.480 e. The lowest BCUT2D eigenvalue weighted by molar-refractivity contribution is -0.140. The Morgan fingerprint density at radius 2 is 2.00 bits per heavy atom. The number of carbonyl (C=O) groups excluding carboxylic acids is 1. The second-order valence-electron chi connectivity index (χ2n) is 5.79. The van der Waals surface area contributed by atoms with E-state index < -0.39 is 11.8 Å². The summed E-state index contributed by atoms with van der Waals surface area (Å²) >= 11 is 0. The normalized spacial score (nSPS) is 11.5. The molecule has 0 aliphatic rings. The van der Waals surface area contributed by atoms with Gasteiger partial charge in [-0.3, -0.25) is 14.5 Å². The molecule has 0 heterocycles. The first kappa shape index (κ1) is 17.1. The van der Waals surface area contributed by atoms with Crippen molar-refractivity contribution in [2.45, 2.75) is 32.7 Å². The molecule has 0 bridgehead atoms. The van der Waals surface area contributed by atoms with E-state index in [0.717, 1.165) is 0 Å². The van der Waals surface area contributed by atoms with Crippen LogP contribution in [0.25, 0.3) is 0 Å². The highest BCUT2D eigenvalue weighted by molar-refractivity contribution is 5.90. The lowest BCUT2D eigenvalue weighted by Gasteiger charge is -2.34. The highest BCUT2D eigenvalue weighted by atomic mass is 19.1. The SMILES string of the molecule is CC(C)(C)N(CCC(=O)Nc1cccc(F)c1)CC(=O)O. The van der Waals surface area contributed by atoms with E-state index in [1.807, 2.05) is 20.8 Å². The average molecular weight is 296 g/mol. The number of hydrogen-bond acceptors (Lipinski definition) is 3. The van der Waals surface area contributed by atoms with Gasteiger partial charge in [0.25, 0.3) is 0 Å². The van der Waals surface area contributed by atoms with Crippen molar-refractivity contribution >= 4 is 17.6 Å². The molecule has 21 heavy (non-hydrogen) atoms. The van der Waals surface area contributed by atoms with Gasteiger partial charge in [0.15, 0.2) is 0 Å². The maximum absolute atomic E-state index is 13.0. The van der Waals surface area contributed by atoms with E-state index in [9.17, 15) is 14.0 Å². The third-order valence-corrected chi connectivity index (χ3v) is 2.99. The van der Waals surface area contributed by atoms with Gasteiger partial charge in [0.2, 0.25) is 5.91 Å². The summed E-state index contributed by atoms with van der Waals surface area (Å²) in [5.41, 5.74) is 0.0397. The molecule has 1 rings (SSSR count). The zero-order valence-electron chi connectivity index (χ0n) is 12.5. The Balaban J connectivity index is 2.55. The first-order valence-corrected chi connectivity index (χ1v) is 6.71. The molecule has 0 aliphatic carbocycles. The molecule has 0 saturated carbocycles. The van der Waals surface area contributed by atoms with Crippen molar-refractivity contribution < 1.29 is 19.1 Å². The number of carbonyl (C=O) groups is 2. The molecule has 2 N–H and O–H groups in total. The summed E-state index contributed by atoms with van der Waals surface area (Å²) in [6.45, 7) is 5.86. The Morgan fingerprint density at radius 3 is 2.52 bits per heavy atom. The van der Waals surface area contributed by atoms with Crippen LogP contribution in [0.5, 0.6) is 0 Å². The van der Waals surface area contributed by atoms with E-state index in [1.165, 1.54) is 18.2 Å². The number of anilines is 1. The fourth-order valence-electron chi connectivity index (χ4n) is 1.84. The first-order chi connectivity index (χ1) is 9.68. The van der Waals surface area contributed by atoms with Crippen LogP contribution in [0.2, 0.25) is 0 Å². The highest BCUT2D eigenvalue weighted by Gasteiger charge is 2.23. The van der Waals surface area contributed by atoms with Gasteiger partial charge >= 0.3 is 5.97 Å². The quantitative estimate of drug-likeness (QED) is 0.845. The Kier molecular flexibility index (Phi) is 5.84. The summed E-state index contributed by atoms with van der Waals surface area (Å²) < 4.78 is 13.0. The fourth-order valence-corrected chi connectivity index (χ4v) is 1.84. The van der Waals surface area contributed by atoms with Gasteiger partial charge in [-0.2, -0.15) is 0 Å². The summed E-state index contributed by atoms with van der Waals surface area (Å²) in [6, 6.07) is 5.64. The van der Waals surface area contributed by atoms with Crippen LogP contribution < -0.4 is 5.32 Å². The minimum atomic E-state index is -0.935. The van der Waals surface area contributed by atoms with Crippen LogP contribution in [0.1, 0.15) is 27.2 Å². The van der Waals surface area contributed by atoms with Crippen molar-refractivity contribution in [3.8, 4) is 0 Å². The fraction of sp³-hybridized carbons (Fsp3) is 0.467. The van der Waals surface area contributed by atoms with Crippen LogP contribution in [0.15, 0.2) is 24.3 Å². The number of aliphatic carboxylic acids is 1. The number of nitrogens with one attached hydrogen (secondary N) is 1. The second-order valence-corrected chi connectivity index (χ2v) is 5.79. The van der Waals surface area contributed by atoms with Crippen molar-refractivity contribution in [1.82, 2.24) is 4.90 Å². The molecule has 6 heteroatoms. The van der Waals surface area contributed by atoms with Crippen LogP contribution >= 0.6 is 0 Å². The van der Waals surface area contributed by atoms with Crippen LogP contribution in [0, 0.1) is 5.82 Å². The summed E-state index contributed by atoms with van der Waals surface area (Å²) in [6.07, 6.45) is 0.140. The zero-order valence-corrected chi connectivity index (χ0v) is 12.5. The molecule has 0 saturated heterocycles. The van der Waals surface area contributed by atoms with Gasteiger partial charge in [0, 0.05) is 24.2 Å². The second kappa shape index (κ2) is 7.17. The highest BCUT2D eigenvalue weighted by Crippen LogP contribution is 2.14. The standard InChI is InChI=1S/C15H21FN2O3/c1-15(2,3)18(10-14(20)21)8-7-13(19)17-12-6-4-5-11(16)9-12/h4-6,9H,7-8,10H2,1-3H3,(H,17,19)(H,20,21). The van der Waals surface area contributed by atoms with E-state index in [0.29, 0.717) is 12.2 Å². The van der Waals surface area contributed by atoms with Crippen molar-refractivity contribution in [2.75, 3.05) is 18.4 Å². The molecule has 0 unspecified atom stereocenters. The molecule has 0 spiro atoms. The van der Waals surface area contributed by atoms with E-state index in [4.69, 9.17) is 5.11 Å². The number of halogens is 1. The predicted molar refractivity (Wildman–Crippen MR) is 78.6 cm³/mol. The van der Waals surface area contributed by atoms with Gasteiger partial charge in [0.1, 0.15) is 5.82 Å². The number of nitrogens with zero attached hydrogens (tertiary/aromatic N) is 1.